The van der Waals surface area contributed by atoms with Gasteiger partial charge in [0.2, 0.25) is 0 Å². The largest absolute Gasteiger partial charge is 0.352 e. The van der Waals surface area contributed by atoms with E-state index in [1.54, 1.807) is 18.2 Å². The quantitative estimate of drug-likeness (QED) is 0.646. The first-order valence-corrected chi connectivity index (χ1v) is 9.51. The van der Waals surface area contributed by atoms with Crippen LogP contribution in [0.3, 0.4) is 0 Å². The number of amides is 1. The molecule has 0 atom stereocenters. The van der Waals surface area contributed by atoms with Gasteiger partial charge in [0.25, 0.3) is 5.91 Å². The Morgan fingerprint density at radius 1 is 0.926 bits per heavy atom. The van der Waals surface area contributed by atoms with E-state index < -0.39 is 0 Å². The Balaban J connectivity index is 1.49. The third kappa shape index (κ3) is 3.57. The second kappa shape index (κ2) is 7.33. The van der Waals surface area contributed by atoms with Crippen molar-refractivity contribution in [2.24, 2.45) is 0 Å². The van der Waals surface area contributed by atoms with Crippen LogP contribution in [-0.4, -0.2) is 47.0 Å². The summed E-state index contributed by atoms with van der Waals surface area (Å²) in [5.74, 6) is 0.852. The summed E-state index contributed by atoms with van der Waals surface area (Å²) in [6, 6.07) is 12.8. The minimum Gasteiger partial charge on any atom is -0.352 e. The van der Waals surface area contributed by atoms with Crippen molar-refractivity contribution < 1.29 is 4.79 Å². The molecule has 1 aliphatic rings. The number of piperazine rings is 1. The molecule has 0 bridgehead atoms. The first kappa shape index (κ1) is 18.0. The lowest BCUT2D eigenvalue weighted by molar-refractivity contribution is 0.0746. The van der Waals surface area contributed by atoms with Crippen LogP contribution < -0.4 is 4.90 Å². The van der Waals surface area contributed by atoms with E-state index in [2.05, 4.69) is 9.88 Å². The zero-order chi connectivity index (χ0) is 19.0. The van der Waals surface area contributed by atoms with Gasteiger partial charge in [-0.15, -0.1) is 0 Å². The van der Waals surface area contributed by atoms with E-state index in [4.69, 9.17) is 28.2 Å². The summed E-state index contributed by atoms with van der Waals surface area (Å²) in [7, 11) is 0. The minimum atomic E-state index is -0.0328. The van der Waals surface area contributed by atoms with Gasteiger partial charge in [-0.1, -0.05) is 35.3 Å². The van der Waals surface area contributed by atoms with Crippen LogP contribution in [0, 0.1) is 6.92 Å². The van der Waals surface area contributed by atoms with Gasteiger partial charge < -0.3 is 9.80 Å². The molecule has 138 valence electrons. The number of nitrogens with zero attached hydrogens (tertiary/aromatic N) is 4. The molecule has 1 fully saturated rings. The smallest absolute Gasteiger partial charge is 0.254 e. The number of aryl methyl sites for hydroxylation is 1. The van der Waals surface area contributed by atoms with Crippen LogP contribution in [0.5, 0.6) is 0 Å². The summed E-state index contributed by atoms with van der Waals surface area (Å²) in [5.41, 5.74) is 3.23. The number of carbonyl (C=O) groups excluding carboxylic acids is 1. The number of carbonyl (C=O) groups is 1. The maximum atomic E-state index is 12.7. The fraction of sp³-hybridized carbons (Fsp3) is 0.250. The standard InChI is InChI=1S/C20H18Cl2N4O/c1-13-19(24-18-5-3-2-4-17(18)23-13)25-8-10-26(11-9-25)20(27)14-6-7-15(21)16(22)12-14/h2-7,12H,8-11H2,1H3. The topological polar surface area (TPSA) is 49.3 Å². The van der Waals surface area contributed by atoms with E-state index >= 15 is 0 Å². The van der Waals surface area contributed by atoms with Crippen molar-refractivity contribution >= 4 is 46.0 Å². The molecule has 5 nitrogen and oxygen atoms in total. The van der Waals surface area contributed by atoms with Crippen LogP contribution in [0.4, 0.5) is 5.82 Å². The molecule has 7 heteroatoms. The third-order valence-electron chi connectivity index (χ3n) is 4.75. The summed E-state index contributed by atoms with van der Waals surface area (Å²) < 4.78 is 0. The van der Waals surface area contributed by atoms with Crippen molar-refractivity contribution in [1.82, 2.24) is 14.9 Å². The zero-order valence-electron chi connectivity index (χ0n) is 14.8. The fourth-order valence-electron chi connectivity index (χ4n) is 3.31. The Kier molecular flexibility index (Phi) is 4.89. The summed E-state index contributed by atoms with van der Waals surface area (Å²) in [4.78, 5) is 26.2. The Morgan fingerprint density at radius 3 is 2.26 bits per heavy atom. The normalized spacial score (nSPS) is 14.6. The lowest BCUT2D eigenvalue weighted by Crippen LogP contribution is -2.49. The molecule has 1 saturated heterocycles. The average molecular weight is 401 g/mol. The fourth-order valence-corrected chi connectivity index (χ4v) is 3.61. The van der Waals surface area contributed by atoms with Crippen molar-refractivity contribution in [2.45, 2.75) is 6.92 Å². The van der Waals surface area contributed by atoms with E-state index in [9.17, 15) is 4.79 Å². The zero-order valence-corrected chi connectivity index (χ0v) is 16.3. The molecule has 1 amide bonds. The number of aromatic nitrogens is 2. The van der Waals surface area contributed by atoms with Gasteiger partial charge in [-0.25, -0.2) is 9.97 Å². The van der Waals surface area contributed by atoms with Crippen LogP contribution in [-0.2, 0) is 0 Å². The number of hydrogen-bond donors (Lipinski definition) is 0. The average Bonchev–Trinajstić information content (AvgIpc) is 2.69. The SMILES string of the molecule is Cc1nc2ccccc2nc1N1CCN(C(=O)c2ccc(Cl)c(Cl)c2)CC1. The molecule has 0 unspecified atom stereocenters. The van der Waals surface area contributed by atoms with Gasteiger partial charge in [0.15, 0.2) is 5.82 Å². The Labute approximate surface area is 167 Å². The van der Waals surface area contributed by atoms with E-state index in [0.29, 0.717) is 41.8 Å². The summed E-state index contributed by atoms with van der Waals surface area (Å²) >= 11 is 12.0. The van der Waals surface area contributed by atoms with Gasteiger partial charge in [0, 0.05) is 31.7 Å². The lowest BCUT2D eigenvalue weighted by Gasteiger charge is -2.36. The summed E-state index contributed by atoms with van der Waals surface area (Å²) in [6.07, 6.45) is 0. The molecular weight excluding hydrogens is 383 g/mol. The third-order valence-corrected chi connectivity index (χ3v) is 5.49. The van der Waals surface area contributed by atoms with Gasteiger partial charge in [0.1, 0.15) is 0 Å². The van der Waals surface area contributed by atoms with E-state index in [1.165, 1.54) is 0 Å². The Bertz CT molecular complexity index is 1020. The van der Waals surface area contributed by atoms with E-state index in [0.717, 1.165) is 22.5 Å². The molecule has 3 aromatic rings. The molecule has 2 heterocycles. The second-order valence-electron chi connectivity index (χ2n) is 6.53. The molecule has 1 aliphatic heterocycles. The predicted molar refractivity (Wildman–Crippen MR) is 109 cm³/mol. The molecule has 0 N–H and O–H groups in total. The van der Waals surface area contributed by atoms with E-state index in [-0.39, 0.29) is 5.91 Å². The molecule has 0 aliphatic carbocycles. The van der Waals surface area contributed by atoms with Gasteiger partial charge >= 0.3 is 0 Å². The van der Waals surface area contributed by atoms with Crippen molar-refractivity contribution in [2.75, 3.05) is 31.1 Å². The number of fused-ring (bicyclic) bond motifs is 1. The molecule has 1 aromatic heterocycles. The van der Waals surface area contributed by atoms with Crippen molar-refractivity contribution in [3.63, 3.8) is 0 Å². The lowest BCUT2D eigenvalue weighted by atomic mass is 10.1. The van der Waals surface area contributed by atoms with Crippen molar-refractivity contribution in [3.8, 4) is 0 Å². The Hall–Kier alpha value is -2.37. The summed E-state index contributed by atoms with van der Waals surface area (Å²) in [6.45, 7) is 4.63. The van der Waals surface area contributed by atoms with Gasteiger partial charge in [-0.2, -0.15) is 0 Å². The highest BCUT2D eigenvalue weighted by molar-refractivity contribution is 6.42. The van der Waals surface area contributed by atoms with Crippen molar-refractivity contribution in [3.05, 3.63) is 63.8 Å². The van der Waals surface area contributed by atoms with Crippen LogP contribution >= 0.6 is 23.2 Å². The highest BCUT2D eigenvalue weighted by Crippen LogP contribution is 2.25. The highest BCUT2D eigenvalue weighted by atomic mass is 35.5. The summed E-state index contributed by atoms with van der Waals surface area (Å²) in [5, 5.41) is 0.839. The minimum absolute atomic E-state index is 0.0328. The predicted octanol–water partition coefficient (Wildman–Crippen LogP) is 4.21. The van der Waals surface area contributed by atoms with E-state index in [1.807, 2.05) is 36.1 Å². The number of rotatable bonds is 2. The molecular formula is C20H18Cl2N4O. The molecule has 2 aromatic carbocycles. The molecule has 27 heavy (non-hydrogen) atoms. The first-order valence-electron chi connectivity index (χ1n) is 8.75. The molecule has 0 spiro atoms. The second-order valence-corrected chi connectivity index (χ2v) is 7.34. The van der Waals surface area contributed by atoms with Gasteiger partial charge in [-0.3, -0.25) is 4.79 Å². The monoisotopic (exact) mass is 400 g/mol. The maximum absolute atomic E-state index is 12.7. The van der Waals surface area contributed by atoms with Crippen LogP contribution in [0.1, 0.15) is 16.1 Å². The number of hydrogen-bond acceptors (Lipinski definition) is 4. The van der Waals surface area contributed by atoms with Crippen LogP contribution in [0.2, 0.25) is 10.0 Å². The first-order chi connectivity index (χ1) is 13.0. The van der Waals surface area contributed by atoms with Crippen molar-refractivity contribution in [1.29, 1.82) is 0 Å². The number of anilines is 1. The van der Waals surface area contributed by atoms with Gasteiger partial charge in [0.05, 0.1) is 26.8 Å². The number of benzene rings is 2. The highest BCUT2D eigenvalue weighted by Gasteiger charge is 2.24. The Morgan fingerprint density at radius 2 is 1.59 bits per heavy atom. The van der Waals surface area contributed by atoms with Crippen LogP contribution in [0.15, 0.2) is 42.5 Å². The number of halogens is 2. The van der Waals surface area contributed by atoms with Gasteiger partial charge in [-0.05, 0) is 37.3 Å². The molecule has 0 radical (unpaired) electrons. The molecule has 0 saturated carbocycles. The maximum Gasteiger partial charge on any atom is 0.254 e. The van der Waals surface area contributed by atoms with Crippen LogP contribution in [0.25, 0.3) is 11.0 Å². The number of para-hydroxylation sites is 2. The molecule has 4 rings (SSSR count).